The van der Waals surface area contributed by atoms with Crippen molar-refractivity contribution in [3.05, 3.63) is 22.8 Å². The van der Waals surface area contributed by atoms with Crippen LogP contribution in [0.25, 0.3) is 0 Å². The van der Waals surface area contributed by atoms with Crippen LogP contribution in [-0.4, -0.2) is 22.5 Å². The second kappa shape index (κ2) is 5.27. The number of rotatable bonds is 5. The number of thioether (sulfide) groups is 1. The van der Waals surface area contributed by atoms with E-state index in [1.54, 1.807) is 17.8 Å². The summed E-state index contributed by atoms with van der Waals surface area (Å²) in [7, 11) is 0. The molecule has 1 atom stereocenters. The summed E-state index contributed by atoms with van der Waals surface area (Å²) < 4.78 is 0. The summed E-state index contributed by atoms with van der Waals surface area (Å²) >= 11 is 1.60. The zero-order valence-electron chi connectivity index (χ0n) is 8.45. The minimum absolute atomic E-state index is 0.0270. The van der Waals surface area contributed by atoms with Gasteiger partial charge in [-0.25, -0.2) is 0 Å². The molecule has 0 aliphatic heterocycles. The molecule has 0 N–H and O–H groups in total. The van der Waals surface area contributed by atoms with E-state index in [1.165, 1.54) is 0 Å². The maximum absolute atomic E-state index is 10.4. The Labute approximate surface area is 83.7 Å². The van der Waals surface area contributed by atoms with Crippen molar-refractivity contribution in [2.24, 2.45) is 5.41 Å². The van der Waals surface area contributed by atoms with Crippen molar-refractivity contribution in [3.63, 3.8) is 0 Å². The Balaban J connectivity index is 4.19. The molecule has 76 valence electrons. The third-order valence-corrected chi connectivity index (χ3v) is 3.38. The molecular weight excluding hydrogens is 186 g/mol. The zero-order valence-corrected chi connectivity index (χ0v) is 9.26. The van der Waals surface area contributed by atoms with E-state index in [2.05, 4.69) is 6.58 Å². The highest BCUT2D eigenvalue weighted by Gasteiger charge is 2.28. The molecule has 13 heavy (non-hydrogen) atoms. The van der Waals surface area contributed by atoms with Gasteiger partial charge < -0.3 is 0 Å². The van der Waals surface area contributed by atoms with Gasteiger partial charge in [-0.15, -0.1) is 18.3 Å². The smallest absolute Gasteiger partial charge is 0.216 e. The van der Waals surface area contributed by atoms with Crippen molar-refractivity contribution in [2.45, 2.75) is 26.0 Å². The first-order valence-electron chi connectivity index (χ1n) is 4.22. The van der Waals surface area contributed by atoms with Crippen molar-refractivity contribution >= 4 is 11.8 Å². The molecule has 0 aromatic rings. The summed E-state index contributed by atoms with van der Waals surface area (Å²) in [6.07, 6.45) is 1.78. The average molecular weight is 203 g/mol. The highest BCUT2D eigenvalue weighted by molar-refractivity contribution is 8.00. The second-order valence-electron chi connectivity index (χ2n) is 3.99. The number of nitro groups is 1. The Morgan fingerprint density at radius 2 is 2.15 bits per heavy atom. The van der Waals surface area contributed by atoms with Crippen molar-refractivity contribution in [2.75, 3.05) is 12.3 Å². The topological polar surface area (TPSA) is 43.1 Å². The van der Waals surface area contributed by atoms with E-state index in [0.29, 0.717) is 0 Å². The molecule has 0 amide bonds. The molecule has 0 rings (SSSR count). The highest BCUT2D eigenvalue weighted by Crippen LogP contribution is 2.30. The fourth-order valence-corrected chi connectivity index (χ4v) is 1.99. The number of nitrogens with zero attached hydrogens (tertiary/aromatic N) is 1. The van der Waals surface area contributed by atoms with E-state index >= 15 is 0 Å². The first kappa shape index (κ1) is 12.5. The maximum atomic E-state index is 10.4. The Morgan fingerprint density at radius 3 is 2.46 bits per heavy atom. The Morgan fingerprint density at radius 1 is 1.62 bits per heavy atom. The predicted octanol–water partition coefficient (Wildman–Crippen LogP) is 2.60. The Hall–Kier alpha value is -0.510. The molecule has 0 bridgehead atoms. The molecule has 0 fully saturated rings. The quantitative estimate of drug-likeness (QED) is 0.392. The van der Waals surface area contributed by atoms with Gasteiger partial charge in [0.1, 0.15) is 0 Å². The summed E-state index contributed by atoms with van der Waals surface area (Å²) in [6.45, 7) is 9.71. The molecule has 1 unspecified atom stereocenters. The molecule has 0 aromatic heterocycles. The molecule has 4 heteroatoms. The summed E-state index contributed by atoms with van der Waals surface area (Å²) in [5.41, 5.74) is -0.0270. The third kappa shape index (κ3) is 5.69. The van der Waals surface area contributed by atoms with Crippen LogP contribution in [0.2, 0.25) is 0 Å². The van der Waals surface area contributed by atoms with Crippen molar-refractivity contribution in [3.8, 4) is 0 Å². The van der Waals surface area contributed by atoms with Gasteiger partial charge in [-0.1, -0.05) is 26.8 Å². The fraction of sp³-hybridized carbons (Fsp3) is 0.778. The Kier molecular flexibility index (Phi) is 5.06. The first-order chi connectivity index (χ1) is 5.88. The predicted molar refractivity (Wildman–Crippen MR) is 57.8 cm³/mol. The van der Waals surface area contributed by atoms with Gasteiger partial charge in [-0.3, -0.25) is 10.1 Å². The SMILES string of the molecule is C=CCSC(C[N+](=O)[O-])C(C)(C)C. The first-order valence-corrected chi connectivity index (χ1v) is 5.27. The summed E-state index contributed by atoms with van der Waals surface area (Å²) in [5.74, 6) is 0.774. The minimum atomic E-state index is -0.244. The van der Waals surface area contributed by atoms with Crippen LogP contribution < -0.4 is 0 Å². The van der Waals surface area contributed by atoms with Crippen molar-refractivity contribution in [1.82, 2.24) is 0 Å². The van der Waals surface area contributed by atoms with Gasteiger partial charge in [0.15, 0.2) is 0 Å². The van der Waals surface area contributed by atoms with E-state index in [-0.39, 0.29) is 22.1 Å². The van der Waals surface area contributed by atoms with E-state index in [0.717, 1.165) is 5.75 Å². The van der Waals surface area contributed by atoms with Crippen LogP contribution in [0.4, 0.5) is 0 Å². The van der Waals surface area contributed by atoms with Gasteiger partial charge in [-0.2, -0.15) is 0 Å². The van der Waals surface area contributed by atoms with Gasteiger partial charge in [0, 0.05) is 10.7 Å². The van der Waals surface area contributed by atoms with Crippen LogP contribution in [0.3, 0.4) is 0 Å². The van der Waals surface area contributed by atoms with Gasteiger partial charge in [0.2, 0.25) is 6.54 Å². The lowest BCUT2D eigenvalue weighted by molar-refractivity contribution is -0.481. The normalized spacial score (nSPS) is 13.8. The molecular formula is C9H17NO2S. The number of hydrogen-bond acceptors (Lipinski definition) is 3. The molecule has 0 aliphatic rings. The van der Waals surface area contributed by atoms with Crippen LogP contribution in [-0.2, 0) is 0 Å². The van der Waals surface area contributed by atoms with Crippen LogP contribution in [0.5, 0.6) is 0 Å². The average Bonchev–Trinajstić information content (AvgIpc) is 1.95. The second-order valence-corrected chi connectivity index (χ2v) is 5.23. The Bertz CT molecular complexity index is 187. The number of hydrogen-bond donors (Lipinski definition) is 0. The van der Waals surface area contributed by atoms with Crippen LogP contribution in [0, 0.1) is 15.5 Å². The van der Waals surface area contributed by atoms with Gasteiger partial charge in [0.25, 0.3) is 0 Å². The van der Waals surface area contributed by atoms with Gasteiger partial charge >= 0.3 is 0 Å². The summed E-state index contributed by atoms with van der Waals surface area (Å²) in [4.78, 5) is 10.1. The summed E-state index contributed by atoms with van der Waals surface area (Å²) in [5, 5.41) is 10.4. The zero-order chi connectivity index (χ0) is 10.5. The highest BCUT2D eigenvalue weighted by atomic mass is 32.2. The van der Waals surface area contributed by atoms with Gasteiger partial charge in [0.05, 0.1) is 5.25 Å². The van der Waals surface area contributed by atoms with Gasteiger partial charge in [-0.05, 0) is 5.41 Å². The lowest BCUT2D eigenvalue weighted by Crippen LogP contribution is -2.30. The van der Waals surface area contributed by atoms with Crippen LogP contribution in [0.1, 0.15) is 20.8 Å². The van der Waals surface area contributed by atoms with E-state index in [4.69, 9.17) is 0 Å². The third-order valence-electron chi connectivity index (χ3n) is 1.70. The van der Waals surface area contributed by atoms with E-state index in [1.807, 2.05) is 20.8 Å². The lowest BCUT2D eigenvalue weighted by Gasteiger charge is -2.26. The van der Waals surface area contributed by atoms with Crippen molar-refractivity contribution in [1.29, 1.82) is 0 Å². The van der Waals surface area contributed by atoms with E-state index < -0.39 is 0 Å². The van der Waals surface area contributed by atoms with E-state index in [9.17, 15) is 10.1 Å². The van der Waals surface area contributed by atoms with Crippen LogP contribution in [0.15, 0.2) is 12.7 Å². The summed E-state index contributed by atoms with van der Waals surface area (Å²) in [6, 6.07) is 0. The lowest BCUT2D eigenvalue weighted by atomic mass is 9.92. The minimum Gasteiger partial charge on any atom is -0.265 e. The van der Waals surface area contributed by atoms with Crippen molar-refractivity contribution < 1.29 is 4.92 Å². The molecule has 3 nitrogen and oxygen atoms in total. The molecule has 0 saturated heterocycles. The molecule has 0 spiro atoms. The standard InChI is InChI=1S/C9H17NO2S/c1-5-6-13-8(7-10(11)12)9(2,3)4/h5,8H,1,6-7H2,2-4H3. The fourth-order valence-electron chi connectivity index (χ4n) is 0.896. The maximum Gasteiger partial charge on any atom is 0.216 e. The monoisotopic (exact) mass is 203 g/mol. The largest absolute Gasteiger partial charge is 0.265 e. The molecule has 0 radical (unpaired) electrons. The molecule has 0 aliphatic carbocycles. The van der Waals surface area contributed by atoms with Crippen LogP contribution >= 0.6 is 11.8 Å². The molecule has 0 saturated carbocycles. The molecule has 0 aromatic carbocycles. The molecule has 0 heterocycles.